The quantitative estimate of drug-likeness (QED) is 0.483. The molecule has 0 amide bonds. The van der Waals surface area contributed by atoms with Gasteiger partial charge in [0.05, 0.1) is 23.1 Å². The molecule has 0 atom stereocenters. The fourth-order valence-electron chi connectivity index (χ4n) is 3.35. The van der Waals surface area contributed by atoms with Gasteiger partial charge >= 0.3 is 10.1 Å². The summed E-state index contributed by atoms with van der Waals surface area (Å²) < 4.78 is 31.4. The van der Waals surface area contributed by atoms with Gasteiger partial charge in [0.15, 0.2) is 5.75 Å². The molecule has 5 nitrogen and oxygen atoms in total. The Morgan fingerprint density at radius 2 is 1.50 bits per heavy atom. The van der Waals surface area contributed by atoms with E-state index < -0.39 is 10.1 Å². The van der Waals surface area contributed by atoms with E-state index in [2.05, 4.69) is 6.07 Å². The minimum atomic E-state index is -3.82. The molecule has 0 aliphatic carbocycles. The van der Waals surface area contributed by atoms with E-state index in [1.54, 1.807) is 18.3 Å². The van der Waals surface area contributed by atoms with Gasteiger partial charge in [-0.2, -0.15) is 13.7 Å². The van der Waals surface area contributed by atoms with Crippen LogP contribution in [0.15, 0.2) is 79.0 Å². The van der Waals surface area contributed by atoms with E-state index in [0.717, 1.165) is 23.1 Å². The molecule has 4 rings (SSSR count). The van der Waals surface area contributed by atoms with E-state index in [0.29, 0.717) is 16.6 Å². The summed E-state index contributed by atoms with van der Waals surface area (Å²) in [6.07, 6.45) is 2.81. The van der Waals surface area contributed by atoms with Crippen molar-refractivity contribution in [2.45, 2.75) is 0 Å². The van der Waals surface area contributed by atoms with E-state index in [1.165, 1.54) is 0 Å². The van der Waals surface area contributed by atoms with Crippen LogP contribution in [0.3, 0.4) is 0 Å². The molecule has 0 aliphatic heterocycles. The maximum Gasteiger partial charge on any atom is 0.306 e. The predicted molar refractivity (Wildman–Crippen MR) is 108 cm³/mol. The summed E-state index contributed by atoms with van der Waals surface area (Å²) in [5, 5.41) is 9.63. The Morgan fingerprint density at radius 1 is 0.893 bits per heavy atom. The molecular formula is C22H16N2O3S. The molecule has 4 aromatic rings. The van der Waals surface area contributed by atoms with Gasteiger partial charge in [0.25, 0.3) is 0 Å². The van der Waals surface area contributed by atoms with Crippen molar-refractivity contribution in [3.8, 4) is 34.2 Å². The Bertz CT molecular complexity index is 1300. The van der Waals surface area contributed by atoms with Crippen LogP contribution in [-0.4, -0.2) is 19.1 Å². The van der Waals surface area contributed by atoms with Crippen molar-refractivity contribution in [3.05, 3.63) is 84.6 Å². The van der Waals surface area contributed by atoms with E-state index >= 15 is 0 Å². The molecule has 0 N–H and O–H groups in total. The van der Waals surface area contributed by atoms with Gasteiger partial charge in [-0.1, -0.05) is 60.7 Å². The third kappa shape index (κ3) is 3.13. The van der Waals surface area contributed by atoms with Crippen LogP contribution >= 0.6 is 0 Å². The zero-order chi connectivity index (χ0) is 19.7. The Balaban J connectivity index is 2.23. The number of benzene rings is 2. The Kier molecular flexibility index (Phi) is 4.38. The fourth-order valence-corrected chi connectivity index (χ4v) is 3.81. The van der Waals surface area contributed by atoms with Crippen LogP contribution in [0, 0.1) is 11.3 Å². The number of rotatable bonds is 4. The molecule has 2 heterocycles. The number of hydrogen-bond donors (Lipinski definition) is 0. The van der Waals surface area contributed by atoms with Gasteiger partial charge < -0.3 is 8.58 Å². The zero-order valence-corrected chi connectivity index (χ0v) is 15.8. The van der Waals surface area contributed by atoms with Crippen LogP contribution in [0.5, 0.6) is 5.75 Å². The molecule has 138 valence electrons. The summed E-state index contributed by atoms with van der Waals surface area (Å²) in [4.78, 5) is 0. The second kappa shape index (κ2) is 6.87. The molecule has 2 aromatic carbocycles. The van der Waals surface area contributed by atoms with Crippen LogP contribution in [0.25, 0.3) is 27.9 Å². The molecule has 0 unspecified atom stereocenters. The first kappa shape index (κ1) is 17.8. The smallest absolute Gasteiger partial charge is 0.306 e. The maximum atomic E-state index is 12.1. The van der Waals surface area contributed by atoms with Gasteiger partial charge in [-0.3, -0.25) is 0 Å². The summed E-state index contributed by atoms with van der Waals surface area (Å²) in [6, 6.07) is 24.6. The van der Waals surface area contributed by atoms with Crippen molar-refractivity contribution in [2.24, 2.45) is 0 Å². The monoisotopic (exact) mass is 388 g/mol. The van der Waals surface area contributed by atoms with E-state index in [1.807, 2.05) is 65.1 Å². The second-order valence-electron chi connectivity index (χ2n) is 6.32. The number of nitrogens with zero attached hydrogens (tertiary/aromatic N) is 2. The molecule has 0 aliphatic rings. The summed E-state index contributed by atoms with van der Waals surface area (Å²) in [5.41, 5.74) is 3.83. The molecule has 28 heavy (non-hydrogen) atoms. The number of aromatic nitrogens is 1. The predicted octanol–water partition coefficient (Wildman–Crippen LogP) is 4.48. The molecule has 0 fully saturated rings. The lowest BCUT2D eigenvalue weighted by Gasteiger charge is -2.09. The molecule has 6 heteroatoms. The Morgan fingerprint density at radius 3 is 2.07 bits per heavy atom. The fraction of sp³-hybridized carbons (Fsp3) is 0.0455. The summed E-state index contributed by atoms with van der Waals surface area (Å²) in [5.74, 6) is 0.157. The van der Waals surface area contributed by atoms with E-state index in [-0.39, 0.29) is 5.75 Å². The van der Waals surface area contributed by atoms with E-state index in [4.69, 9.17) is 4.18 Å². The van der Waals surface area contributed by atoms with Crippen molar-refractivity contribution in [3.63, 3.8) is 0 Å². The second-order valence-corrected chi connectivity index (χ2v) is 7.90. The van der Waals surface area contributed by atoms with Crippen molar-refractivity contribution in [1.82, 2.24) is 4.40 Å². The first-order valence-corrected chi connectivity index (χ1v) is 10.4. The highest BCUT2D eigenvalue weighted by Crippen LogP contribution is 2.45. The molecule has 0 saturated carbocycles. The molecular weight excluding hydrogens is 372 g/mol. The largest absolute Gasteiger partial charge is 0.380 e. The van der Waals surface area contributed by atoms with E-state index in [9.17, 15) is 13.7 Å². The summed E-state index contributed by atoms with van der Waals surface area (Å²) >= 11 is 0. The molecule has 0 radical (unpaired) electrons. The van der Waals surface area contributed by atoms with Gasteiger partial charge in [-0.05, 0) is 23.3 Å². The van der Waals surface area contributed by atoms with Crippen LogP contribution in [0.1, 0.15) is 5.56 Å². The maximum absolute atomic E-state index is 12.1. The first-order valence-electron chi connectivity index (χ1n) is 8.57. The lowest BCUT2D eigenvalue weighted by molar-refractivity contribution is 0.496. The number of pyridine rings is 1. The normalized spacial score (nSPS) is 11.3. The SMILES string of the molecule is CS(=O)(=O)Oc1c(-c2ccccc2)c(-c2ccccc2)n2cccc(C#N)c12. The average molecular weight is 388 g/mol. The summed E-state index contributed by atoms with van der Waals surface area (Å²) in [7, 11) is -3.82. The minimum absolute atomic E-state index is 0.157. The molecule has 0 bridgehead atoms. The first-order chi connectivity index (χ1) is 13.5. The molecule has 2 aromatic heterocycles. The van der Waals surface area contributed by atoms with Crippen molar-refractivity contribution >= 4 is 15.6 Å². The third-order valence-electron chi connectivity index (χ3n) is 4.38. The highest BCUT2D eigenvalue weighted by molar-refractivity contribution is 7.86. The van der Waals surface area contributed by atoms with Gasteiger partial charge in [-0.25, -0.2) is 0 Å². The molecule has 0 spiro atoms. The standard InChI is InChI=1S/C22H16N2O3S/c1-28(25,26)27-22-19(16-9-4-2-5-10-16)20(17-11-6-3-7-12-17)24-14-8-13-18(15-23)21(22)24/h2-14H,1H3. The minimum Gasteiger partial charge on any atom is -0.380 e. The average Bonchev–Trinajstić information content (AvgIpc) is 3.02. The van der Waals surface area contributed by atoms with Gasteiger partial charge in [0, 0.05) is 6.20 Å². The van der Waals surface area contributed by atoms with Gasteiger partial charge in [-0.15, -0.1) is 0 Å². The Hall–Kier alpha value is -3.56. The lowest BCUT2D eigenvalue weighted by Crippen LogP contribution is -2.06. The van der Waals surface area contributed by atoms with Crippen LogP contribution in [0.2, 0.25) is 0 Å². The topological polar surface area (TPSA) is 71.6 Å². The third-order valence-corrected chi connectivity index (χ3v) is 4.85. The van der Waals surface area contributed by atoms with Crippen LogP contribution in [-0.2, 0) is 10.1 Å². The van der Waals surface area contributed by atoms with Crippen molar-refractivity contribution in [1.29, 1.82) is 5.26 Å². The van der Waals surface area contributed by atoms with Crippen LogP contribution < -0.4 is 4.18 Å². The number of hydrogen-bond acceptors (Lipinski definition) is 4. The van der Waals surface area contributed by atoms with Crippen molar-refractivity contribution in [2.75, 3.05) is 6.26 Å². The number of nitriles is 1. The summed E-state index contributed by atoms with van der Waals surface area (Å²) in [6.45, 7) is 0. The molecule has 0 saturated heterocycles. The zero-order valence-electron chi connectivity index (χ0n) is 15.0. The van der Waals surface area contributed by atoms with Crippen molar-refractivity contribution < 1.29 is 12.6 Å². The lowest BCUT2D eigenvalue weighted by atomic mass is 10.0. The van der Waals surface area contributed by atoms with Gasteiger partial charge in [0.1, 0.15) is 11.6 Å². The highest BCUT2D eigenvalue weighted by atomic mass is 32.2. The number of fused-ring (bicyclic) bond motifs is 1. The Labute approximate surface area is 163 Å². The van der Waals surface area contributed by atoms with Gasteiger partial charge in [0.2, 0.25) is 0 Å². The van der Waals surface area contributed by atoms with Crippen LogP contribution in [0.4, 0.5) is 0 Å². The highest BCUT2D eigenvalue weighted by Gasteiger charge is 2.26.